The third kappa shape index (κ3) is 3.43. The summed E-state index contributed by atoms with van der Waals surface area (Å²) in [6, 6.07) is 1.41. The zero-order valence-electron chi connectivity index (χ0n) is 11.9. The molecule has 17 heavy (non-hydrogen) atoms. The van der Waals surface area contributed by atoms with Gasteiger partial charge in [0.2, 0.25) is 0 Å². The van der Waals surface area contributed by atoms with Gasteiger partial charge in [0, 0.05) is 25.2 Å². The van der Waals surface area contributed by atoms with Crippen LogP contribution in [0.3, 0.4) is 0 Å². The SMILES string of the molecule is CC(C)C(CN(C)C)NC1CCN2CCC1C2. The van der Waals surface area contributed by atoms with E-state index in [-0.39, 0.29) is 0 Å². The van der Waals surface area contributed by atoms with Crippen LogP contribution in [0.4, 0.5) is 0 Å². The van der Waals surface area contributed by atoms with Crippen molar-refractivity contribution >= 4 is 0 Å². The Morgan fingerprint density at radius 3 is 2.59 bits per heavy atom. The molecule has 0 aromatic carbocycles. The summed E-state index contributed by atoms with van der Waals surface area (Å²) < 4.78 is 0. The van der Waals surface area contributed by atoms with Gasteiger partial charge < -0.3 is 15.1 Å². The molecule has 0 amide bonds. The van der Waals surface area contributed by atoms with E-state index in [4.69, 9.17) is 0 Å². The zero-order valence-corrected chi connectivity index (χ0v) is 11.9. The topological polar surface area (TPSA) is 18.5 Å². The quantitative estimate of drug-likeness (QED) is 0.779. The Morgan fingerprint density at radius 1 is 1.24 bits per heavy atom. The molecule has 2 heterocycles. The Kier molecular flexibility index (Phi) is 4.45. The Hall–Kier alpha value is -0.120. The molecule has 0 aromatic heterocycles. The molecule has 4 unspecified atom stereocenters. The Morgan fingerprint density at radius 2 is 1.94 bits per heavy atom. The molecule has 3 heteroatoms. The van der Waals surface area contributed by atoms with Crippen LogP contribution in [-0.2, 0) is 0 Å². The molecule has 2 aliphatic rings. The fraction of sp³-hybridized carbons (Fsp3) is 1.00. The first kappa shape index (κ1) is 13.3. The van der Waals surface area contributed by atoms with E-state index in [2.05, 4.69) is 43.1 Å². The number of nitrogens with one attached hydrogen (secondary N) is 1. The summed E-state index contributed by atoms with van der Waals surface area (Å²) in [5.41, 5.74) is 0. The van der Waals surface area contributed by atoms with Crippen molar-refractivity contribution in [1.29, 1.82) is 0 Å². The van der Waals surface area contributed by atoms with Crippen LogP contribution < -0.4 is 5.32 Å². The first-order valence-electron chi connectivity index (χ1n) is 7.19. The second-order valence-corrected chi connectivity index (χ2v) is 6.52. The average molecular weight is 239 g/mol. The normalized spacial score (nSPS) is 34.6. The van der Waals surface area contributed by atoms with Crippen molar-refractivity contribution in [1.82, 2.24) is 15.1 Å². The largest absolute Gasteiger partial charge is 0.309 e. The lowest BCUT2D eigenvalue weighted by atomic mass is 9.91. The van der Waals surface area contributed by atoms with Crippen molar-refractivity contribution < 1.29 is 0 Å². The lowest BCUT2D eigenvalue weighted by Crippen LogP contribution is -2.52. The molecular formula is C14H29N3. The van der Waals surface area contributed by atoms with Crippen molar-refractivity contribution in [2.45, 2.75) is 38.8 Å². The molecule has 0 aliphatic carbocycles. The Bertz CT molecular complexity index is 240. The Balaban J connectivity index is 1.88. The lowest BCUT2D eigenvalue weighted by molar-refractivity contribution is 0.184. The van der Waals surface area contributed by atoms with Crippen molar-refractivity contribution in [3.63, 3.8) is 0 Å². The van der Waals surface area contributed by atoms with Gasteiger partial charge in [0.1, 0.15) is 0 Å². The van der Waals surface area contributed by atoms with Gasteiger partial charge in [0.25, 0.3) is 0 Å². The summed E-state index contributed by atoms with van der Waals surface area (Å²) in [6.45, 7) is 9.81. The molecule has 100 valence electrons. The number of rotatable bonds is 5. The highest BCUT2D eigenvalue weighted by Gasteiger charge is 2.35. The van der Waals surface area contributed by atoms with Crippen molar-refractivity contribution in [3.05, 3.63) is 0 Å². The first-order valence-corrected chi connectivity index (χ1v) is 7.19. The molecule has 0 aromatic rings. The monoisotopic (exact) mass is 239 g/mol. The van der Waals surface area contributed by atoms with E-state index in [0.29, 0.717) is 6.04 Å². The highest BCUT2D eigenvalue weighted by molar-refractivity contribution is 4.92. The number of hydrogen-bond donors (Lipinski definition) is 1. The van der Waals surface area contributed by atoms with Gasteiger partial charge in [-0.3, -0.25) is 0 Å². The molecule has 2 aliphatic heterocycles. The van der Waals surface area contributed by atoms with Gasteiger partial charge in [-0.05, 0) is 51.9 Å². The standard InChI is InChI=1S/C14H29N3/c1-11(2)14(10-16(3)4)15-13-6-8-17-7-5-12(13)9-17/h11-15H,5-10H2,1-4H3. The van der Waals surface area contributed by atoms with Gasteiger partial charge in [-0.15, -0.1) is 0 Å². The van der Waals surface area contributed by atoms with Gasteiger partial charge in [-0.2, -0.15) is 0 Å². The van der Waals surface area contributed by atoms with Gasteiger partial charge in [-0.25, -0.2) is 0 Å². The molecule has 4 atom stereocenters. The third-order valence-corrected chi connectivity index (χ3v) is 4.43. The van der Waals surface area contributed by atoms with Crippen LogP contribution in [0.15, 0.2) is 0 Å². The molecule has 2 bridgehead atoms. The minimum atomic E-state index is 0.641. The summed E-state index contributed by atoms with van der Waals surface area (Å²) in [7, 11) is 4.35. The van der Waals surface area contributed by atoms with E-state index >= 15 is 0 Å². The summed E-state index contributed by atoms with van der Waals surface area (Å²) in [4.78, 5) is 4.93. The van der Waals surface area contributed by atoms with Crippen molar-refractivity contribution in [2.75, 3.05) is 40.3 Å². The van der Waals surface area contributed by atoms with Gasteiger partial charge in [0.15, 0.2) is 0 Å². The maximum absolute atomic E-state index is 3.95. The van der Waals surface area contributed by atoms with Gasteiger partial charge in [-0.1, -0.05) is 13.8 Å². The fourth-order valence-corrected chi connectivity index (χ4v) is 3.30. The number of nitrogens with zero attached hydrogens (tertiary/aromatic N) is 2. The molecule has 0 saturated carbocycles. The van der Waals surface area contributed by atoms with Crippen LogP contribution in [0.2, 0.25) is 0 Å². The molecule has 3 nitrogen and oxygen atoms in total. The molecule has 0 spiro atoms. The number of likely N-dealkylation sites (N-methyl/N-ethyl adjacent to an activating group) is 1. The Labute approximate surface area is 107 Å². The van der Waals surface area contributed by atoms with Crippen LogP contribution >= 0.6 is 0 Å². The predicted octanol–water partition coefficient (Wildman–Crippen LogP) is 1.26. The summed E-state index contributed by atoms with van der Waals surface area (Å²) in [5, 5.41) is 3.95. The van der Waals surface area contributed by atoms with E-state index in [0.717, 1.165) is 24.4 Å². The van der Waals surface area contributed by atoms with Crippen molar-refractivity contribution in [2.24, 2.45) is 11.8 Å². The highest BCUT2D eigenvalue weighted by atomic mass is 15.2. The van der Waals surface area contributed by atoms with Crippen LogP contribution in [0.1, 0.15) is 26.7 Å². The van der Waals surface area contributed by atoms with E-state index in [1.54, 1.807) is 0 Å². The number of fused-ring (bicyclic) bond motifs is 2. The van der Waals surface area contributed by atoms with Gasteiger partial charge >= 0.3 is 0 Å². The molecule has 2 rings (SSSR count). The zero-order chi connectivity index (χ0) is 12.4. The maximum atomic E-state index is 3.95. The first-order chi connectivity index (χ1) is 8.06. The predicted molar refractivity (Wildman–Crippen MR) is 73.3 cm³/mol. The van der Waals surface area contributed by atoms with Crippen LogP contribution in [-0.4, -0.2) is 62.2 Å². The van der Waals surface area contributed by atoms with Crippen LogP contribution in [0.5, 0.6) is 0 Å². The van der Waals surface area contributed by atoms with E-state index < -0.39 is 0 Å². The summed E-state index contributed by atoms with van der Waals surface area (Å²) in [6.07, 6.45) is 2.76. The molecule has 0 radical (unpaired) electrons. The molecule has 2 fully saturated rings. The average Bonchev–Trinajstić information content (AvgIpc) is 2.63. The number of hydrogen-bond acceptors (Lipinski definition) is 3. The van der Waals surface area contributed by atoms with Crippen LogP contribution in [0.25, 0.3) is 0 Å². The smallest absolute Gasteiger partial charge is 0.0220 e. The molecule has 2 saturated heterocycles. The minimum Gasteiger partial charge on any atom is -0.309 e. The molecular weight excluding hydrogens is 210 g/mol. The second kappa shape index (κ2) is 5.68. The fourth-order valence-electron chi connectivity index (χ4n) is 3.30. The van der Waals surface area contributed by atoms with E-state index in [1.165, 1.54) is 32.5 Å². The second-order valence-electron chi connectivity index (χ2n) is 6.52. The summed E-state index contributed by atoms with van der Waals surface area (Å²) >= 11 is 0. The van der Waals surface area contributed by atoms with E-state index in [9.17, 15) is 0 Å². The lowest BCUT2D eigenvalue weighted by Gasteiger charge is -2.36. The summed E-state index contributed by atoms with van der Waals surface area (Å²) in [5.74, 6) is 1.63. The van der Waals surface area contributed by atoms with Crippen LogP contribution in [0, 0.1) is 11.8 Å². The number of piperidine rings is 1. The maximum Gasteiger partial charge on any atom is 0.0220 e. The van der Waals surface area contributed by atoms with E-state index in [1.807, 2.05) is 0 Å². The van der Waals surface area contributed by atoms with Gasteiger partial charge in [0.05, 0.1) is 0 Å². The minimum absolute atomic E-state index is 0.641. The van der Waals surface area contributed by atoms with Crippen molar-refractivity contribution in [3.8, 4) is 0 Å². The third-order valence-electron chi connectivity index (χ3n) is 4.43. The highest BCUT2D eigenvalue weighted by Crippen LogP contribution is 2.27. The molecule has 1 N–H and O–H groups in total.